The quantitative estimate of drug-likeness (QED) is 0.781. The molecule has 0 saturated carbocycles. The number of benzene rings is 1. The number of Topliss-reactive ketones (excluding diaryl/α,β-unsaturated/α-hetero) is 1. The molecule has 2 rings (SSSR count). The first-order valence-corrected chi connectivity index (χ1v) is 9.22. The first-order valence-electron chi connectivity index (χ1n) is 8.40. The van der Waals surface area contributed by atoms with Gasteiger partial charge in [0.05, 0.1) is 17.8 Å². The molecule has 0 amide bonds. The molecule has 0 radical (unpaired) electrons. The maximum Gasteiger partial charge on any atom is 0.162 e. The number of para-hydroxylation sites is 1. The van der Waals surface area contributed by atoms with Crippen LogP contribution in [0.2, 0.25) is 0 Å². The number of aliphatic hydroxyl groups is 1. The molecular weight excluding hydrogens is 334 g/mol. The van der Waals surface area contributed by atoms with Crippen LogP contribution in [-0.2, 0) is 9.59 Å². The van der Waals surface area contributed by atoms with Gasteiger partial charge in [0, 0.05) is 21.8 Å². The molecule has 1 unspecified atom stereocenters. The van der Waals surface area contributed by atoms with Crippen LogP contribution in [-0.4, -0.2) is 21.6 Å². The predicted octanol–water partition coefficient (Wildman–Crippen LogP) is 4.40. The summed E-state index contributed by atoms with van der Waals surface area (Å²) in [7, 11) is 0. The molecule has 136 valence electrons. The second-order valence-corrected chi connectivity index (χ2v) is 9.85. The van der Waals surface area contributed by atoms with Crippen LogP contribution in [0.4, 0.5) is 5.69 Å². The Balaban J connectivity index is 2.47. The number of rotatable bonds is 3. The molecule has 0 aliphatic carbocycles. The second kappa shape index (κ2) is 6.61. The summed E-state index contributed by atoms with van der Waals surface area (Å²) in [6.07, 6.45) is 1.38. The Morgan fingerprint density at radius 1 is 1.12 bits per heavy atom. The highest BCUT2D eigenvalue weighted by molar-refractivity contribution is 8.01. The van der Waals surface area contributed by atoms with Crippen molar-refractivity contribution in [2.45, 2.75) is 57.8 Å². The number of anilines is 1. The summed E-state index contributed by atoms with van der Waals surface area (Å²) >= 11 is 1.22. The summed E-state index contributed by atoms with van der Waals surface area (Å²) in [6, 6.07) is 7.56. The fraction of sp³-hybridized carbons (Fsp3) is 0.500. The van der Waals surface area contributed by atoms with E-state index in [1.807, 2.05) is 65.8 Å². The van der Waals surface area contributed by atoms with Crippen molar-refractivity contribution in [2.24, 2.45) is 10.8 Å². The third-order valence-corrected chi connectivity index (χ3v) is 5.39. The number of fused-ring (bicyclic) bond motifs is 1. The van der Waals surface area contributed by atoms with E-state index in [1.54, 1.807) is 0 Å². The fourth-order valence-corrected chi connectivity index (χ4v) is 3.41. The van der Waals surface area contributed by atoms with Gasteiger partial charge < -0.3 is 10.4 Å². The average Bonchev–Trinajstić information content (AvgIpc) is 2.45. The highest BCUT2D eigenvalue weighted by Gasteiger charge is 2.42. The maximum absolute atomic E-state index is 12.6. The largest absolute Gasteiger partial charge is 0.373 e. The number of hydrogen-bond donors (Lipinski definition) is 2. The Labute approximate surface area is 154 Å². The van der Waals surface area contributed by atoms with Crippen molar-refractivity contribution in [1.82, 2.24) is 0 Å². The van der Waals surface area contributed by atoms with Crippen LogP contribution in [0.5, 0.6) is 0 Å². The van der Waals surface area contributed by atoms with E-state index in [9.17, 15) is 14.7 Å². The summed E-state index contributed by atoms with van der Waals surface area (Å²) in [5.41, 5.74) is 0.0690. The lowest BCUT2D eigenvalue weighted by atomic mass is 9.86. The molecule has 1 heterocycles. The van der Waals surface area contributed by atoms with Gasteiger partial charge in [-0.1, -0.05) is 65.4 Å². The highest BCUT2D eigenvalue weighted by atomic mass is 32.2. The molecule has 5 heteroatoms. The summed E-state index contributed by atoms with van der Waals surface area (Å²) in [5.74, 6) is -0.158. The third kappa shape index (κ3) is 4.53. The normalized spacial score (nSPS) is 22.3. The van der Waals surface area contributed by atoms with Crippen molar-refractivity contribution in [2.75, 3.05) is 5.32 Å². The van der Waals surface area contributed by atoms with Crippen molar-refractivity contribution < 1.29 is 14.7 Å². The van der Waals surface area contributed by atoms with E-state index in [4.69, 9.17) is 0 Å². The zero-order valence-corrected chi connectivity index (χ0v) is 16.6. The van der Waals surface area contributed by atoms with E-state index in [0.717, 1.165) is 10.6 Å². The topological polar surface area (TPSA) is 66.4 Å². The summed E-state index contributed by atoms with van der Waals surface area (Å²) in [4.78, 5) is 24.4. The predicted molar refractivity (Wildman–Crippen MR) is 102 cm³/mol. The van der Waals surface area contributed by atoms with Gasteiger partial charge in [0.2, 0.25) is 0 Å². The molecule has 1 aliphatic heterocycles. The minimum absolute atomic E-state index is 0.0576. The van der Waals surface area contributed by atoms with E-state index in [-0.39, 0.29) is 18.0 Å². The van der Waals surface area contributed by atoms with Crippen molar-refractivity contribution in [3.63, 3.8) is 0 Å². The zero-order valence-electron chi connectivity index (χ0n) is 15.8. The standard InChI is InChI=1S/C20H27NO3S/c1-18(2,3)16(22)11-15-20(24,12-17(23)19(4,5)6)25-14-10-8-7-9-13(14)21-15/h7-11,21,24H,12H2,1-6H3/b15-11-. The van der Waals surface area contributed by atoms with Gasteiger partial charge in [0.25, 0.3) is 0 Å². The number of carbonyl (C=O) groups is 2. The fourth-order valence-electron chi connectivity index (χ4n) is 2.25. The van der Waals surface area contributed by atoms with Gasteiger partial charge in [0.15, 0.2) is 10.7 Å². The van der Waals surface area contributed by atoms with Gasteiger partial charge in [-0.05, 0) is 12.1 Å². The van der Waals surface area contributed by atoms with Crippen LogP contribution in [0.1, 0.15) is 48.0 Å². The SMILES string of the molecule is CC(C)(C)C(=O)/C=C1\Nc2ccccc2SC1(O)CC(=O)C(C)(C)C. The summed E-state index contributed by atoms with van der Waals surface area (Å²) in [5, 5.41) is 14.4. The molecule has 0 spiro atoms. The van der Waals surface area contributed by atoms with Gasteiger partial charge in [0.1, 0.15) is 5.78 Å². The maximum atomic E-state index is 12.6. The number of carbonyl (C=O) groups excluding carboxylic acids is 2. The molecule has 0 bridgehead atoms. The Bertz CT molecular complexity index is 725. The monoisotopic (exact) mass is 361 g/mol. The van der Waals surface area contributed by atoms with E-state index < -0.39 is 15.8 Å². The molecule has 0 saturated heterocycles. The molecule has 1 atom stereocenters. The number of nitrogens with one attached hydrogen (secondary N) is 1. The number of allylic oxidation sites excluding steroid dienone is 1. The minimum Gasteiger partial charge on any atom is -0.373 e. The summed E-state index contributed by atoms with van der Waals surface area (Å²) in [6.45, 7) is 11.0. The van der Waals surface area contributed by atoms with Gasteiger partial charge in [-0.3, -0.25) is 9.59 Å². The van der Waals surface area contributed by atoms with Gasteiger partial charge >= 0.3 is 0 Å². The number of hydrogen-bond acceptors (Lipinski definition) is 5. The van der Waals surface area contributed by atoms with Crippen LogP contribution in [0.15, 0.2) is 40.9 Å². The molecule has 4 nitrogen and oxygen atoms in total. The van der Waals surface area contributed by atoms with Crippen molar-refractivity contribution >= 4 is 29.0 Å². The van der Waals surface area contributed by atoms with Gasteiger partial charge in [-0.15, -0.1) is 0 Å². The Morgan fingerprint density at radius 2 is 1.72 bits per heavy atom. The molecule has 0 aromatic heterocycles. The zero-order chi connectivity index (χ0) is 19.0. The van der Waals surface area contributed by atoms with Crippen LogP contribution >= 0.6 is 11.8 Å². The van der Waals surface area contributed by atoms with Crippen LogP contribution in [0, 0.1) is 10.8 Å². The van der Waals surface area contributed by atoms with E-state index in [0.29, 0.717) is 5.70 Å². The average molecular weight is 362 g/mol. The van der Waals surface area contributed by atoms with Gasteiger partial charge in [-0.25, -0.2) is 0 Å². The first kappa shape index (κ1) is 19.7. The molecule has 1 aliphatic rings. The third-order valence-electron chi connectivity index (χ3n) is 4.11. The second-order valence-electron chi connectivity index (χ2n) is 8.53. The lowest BCUT2D eigenvalue weighted by molar-refractivity contribution is -0.128. The lowest BCUT2D eigenvalue weighted by Crippen LogP contribution is -2.40. The first-order chi connectivity index (χ1) is 11.3. The van der Waals surface area contributed by atoms with E-state index in [2.05, 4.69) is 5.32 Å². The molecule has 2 N–H and O–H groups in total. The molecule has 1 aromatic rings. The minimum atomic E-state index is -1.49. The van der Waals surface area contributed by atoms with E-state index >= 15 is 0 Å². The number of thioether (sulfide) groups is 1. The van der Waals surface area contributed by atoms with Crippen molar-refractivity contribution in [1.29, 1.82) is 0 Å². The molecular formula is C20H27NO3S. The van der Waals surface area contributed by atoms with Crippen LogP contribution < -0.4 is 5.32 Å². The Hall–Kier alpha value is -1.59. The van der Waals surface area contributed by atoms with Crippen molar-refractivity contribution in [3.05, 3.63) is 36.0 Å². The molecule has 1 aromatic carbocycles. The summed E-state index contributed by atoms with van der Waals surface area (Å²) < 4.78 is 0. The van der Waals surface area contributed by atoms with Gasteiger partial charge in [-0.2, -0.15) is 0 Å². The Morgan fingerprint density at radius 3 is 2.28 bits per heavy atom. The van der Waals surface area contributed by atoms with Crippen LogP contribution in [0.25, 0.3) is 0 Å². The van der Waals surface area contributed by atoms with E-state index in [1.165, 1.54) is 17.8 Å². The Kier molecular flexibility index (Phi) is 5.22. The molecule has 25 heavy (non-hydrogen) atoms. The van der Waals surface area contributed by atoms with Crippen LogP contribution in [0.3, 0.4) is 0 Å². The highest BCUT2D eigenvalue weighted by Crippen LogP contribution is 2.48. The van der Waals surface area contributed by atoms with Crippen molar-refractivity contribution in [3.8, 4) is 0 Å². The number of ketones is 2. The lowest BCUT2D eigenvalue weighted by Gasteiger charge is -2.37. The molecule has 0 fully saturated rings. The smallest absolute Gasteiger partial charge is 0.162 e.